The van der Waals surface area contributed by atoms with Gasteiger partial charge in [0.05, 0.1) is 0 Å². The predicted molar refractivity (Wildman–Crippen MR) is 148 cm³/mol. The minimum atomic E-state index is -1.12. The Morgan fingerprint density at radius 2 is 1.82 bits per heavy atom. The van der Waals surface area contributed by atoms with Crippen LogP contribution in [0.25, 0.3) is 6.08 Å². The first-order valence-electron chi connectivity index (χ1n) is 13.4. The Balaban J connectivity index is 2.48. The number of carbonyl (C=O) groups is 4. The molecule has 1 aliphatic carbocycles. The summed E-state index contributed by atoms with van der Waals surface area (Å²) in [5, 5.41) is 5.77. The first-order valence-corrected chi connectivity index (χ1v) is 13.4. The van der Waals surface area contributed by atoms with Crippen LogP contribution in [0.5, 0.6) is 0 Å². The molecule has 4 N–H and O–H groups in total. The molecule has 210 valence electrons. The molecule has 1 fully saturated rings. The number of nitrogens with zero attached hydrogens (tertiary/aromatic N) is 1. The zero-order valence-electron chi connectivity index (χ0n) is 23.4. The molecule has 2 unspecified atom stereocenters. The summed E-state index contributed by atoms with van der Waals surface area (Å²) < 4.78 is 5.36. The molecule has 1 saturated carbocycles. The number of hydrogen-bond donors (Lipinski definition) is 3. The highest BCUT2D eigenvalue weighted by Gasteiger charge is 2.38. The summed E-state index contributed by atoms with van der Waals surface area (Å²) in [4.78, 5) is 53.6. The Morgan fingerprint density at radius 3 is 2.37 bits per heavy atom. The molecule has 9 heteroatoms. The predicted octanol–water partition coefficient (Wildman–Crippen LogP) is 4.22. The van der Waals surface area contributed by atoms with Gasteiger partial charge in [-0.2, -0.15) is 0 Å². The first kappa shape index (κ1) is 30.9. The van der Waals surface area contributed by atoms with E-state index >= 15 is 0 Å². The fourth-order valence-electron chi connectivity index (χ4n) is 4.68. The van der Waals surface area contributed by atoms with E-state index in [4.69, 9.17) is 10.5 Å². The van der Waals surface area contributed by atoms with Gasteiger partial charge in [-0.15, -0.1) is 0 Å². The molecule has 38 heavy (non-hydrogen) atoms. The molecule has 4 amide bonds. The molecular weight excluding hydrogens is 484 g/mol. The van der Waals surface area contributed by atoms with Crippen molar-refractivity contribution >= 4 is 29.9 Å². The molecule has 0 radical (unpaired) electrons. The molecule has 0 saturated heterocycles. The van der Waals surface area contributed by atoms with Gasteiger partial charge in [-0.1, -0.05) is 50.1 Å². The first-order chi connectivity index (χ1) is 17.8. The lowest BCUT2D eigenvalue weighted by atomic mass is 9.94. The highest BCUT2D eigenvalue weighted by Crippen LogP contribution is 2.28. The van der Waals surface area contributed by atoms with E-state index in [-0.39, 0.29) is 24.8 Å². The maximum Gasteiger partial charge on any atom is 0.408 e. The number of alkyl carbamates (subject to hydrolysis) is 1. The van der Waals surface area contributed by atoms with Gasteiger partial charge in [0, 0.05) is 18.5 Å². The van der Waals surface area contributed by atoms with Crippen molar-refractivity contribution < 1.29 is 23.9 Å². The van der Waals surface area contributed by atoms with E-state index in [1.807, 2.05) is 32.0 Å². The lowest BCUT2D eigenvalue weighted by Gasteiger charge is -2.38. The Morgan fingerprint density at radius 1 is 1.16 bits per heavy atom. The largest absolute Gasteiger partial charge is 0.444 e. The molecule has 0 bridgehead atoms. The van der Waals surface area contributed by atoms with Gasteiger partial charge in [-0.25, -0.2) is 4.79 Å². The Bertz CT molecular complexity index is 995. The van der Waals surface area contributed by atoms with Crippen LogP contribution in [0.3, 0.4) is 0 Å². The maximum atomic E-state index is 14.1. The summed E-state index contributed by atoms with van der Waals surface area (Å²) in [5.41, 5.74) is 6.02. The second kappa shape index (κ2) is 14.0. The summed E-state index contributed by atoms with van der Waals surface area (Å²) in [6, 6.07) is 4.88. The van der Waals surface area contributed by atoms with Crippen molar-refractivity contribution in [1.29, 1.82) is 0 Å². The fourth-order valence-corrected chi connectivity index (χ4v) is 4.68. The van der Waals surface area contributed by atoms with Crippen molar-refractivity contribution in [2.75, 3.05) is 0 Å². The standard InChI is InChI=1S/C29H44N4O5/c1-7-20-12-11-13-21(18-20)25(26(35)31-22-14-9-8-10-15-22)33(19(2)3)27(36)23(16-17-24(30)34)32-28(37)38-29(4,5)6/h7,11-13,18-19,22-23,25H,1,8-10,14-17H2,2-6H3,(H2,30,34)(H,31,35)(H,32,37). The number of amides is 4. The summed E-state index contributed by atoms with van der Waals surface area (Å²) in [7, 11) is 0. The third kappa shape index (κ3) is 9.50. The monoisotopic (exact) mass is 528 g/mol. The summed E-state index contributed by atoms with van der Waals surface area (Å²) in [6.45, 7) is 12.6. The van der Waals surface area contributed by atoms with Crippen LogP contribution in [0.15, 0.2) is 30.8 Å². The van der Waals surface area contributed by atoms with E-state index in [1.54, 1.807) is 32.9 Å². The number of benzene rings is 1. The average Bonchev–Trinajstić information content (AvgIpc) is 2.83. The van der Waals surface area contributed by atoms with Crippen molar-refractivity contribution in [1.82, 2.24) is 15.5 Å². The SMILES string of the molecule is C=Cc1cccc(C(C(=O)NC2CCCCC2)N(C(=O)C(CCC(N)=O)NC(=O)OC(C)(C)C)C(C)C)c1. The van der Waals surface area contributed by atoms with E-state index in [0.29, 0.717) is 5.56 Å². The molecule has 1 aromatic rings. The molecule has 2 rings (SSSR count). The molecule has 1 aliphatic rings. The zero-order valence-corrected chi connectivity index (χ0v) is 23.4. The van der Waals surface area contributed by atoms with Gasteiger partial charge in [0.2, 0.25) is 17.7 Å². The summed E-state index contributed by atoms with van der Waals surface area (Å²) >= 11 is 0. The minimum Gasteiger partial charge on any atom is -0.444 e. The average molecular weight is 529 g/mol. The normalized spacial score (nSPS) is 15.7. The summed E-state index contributed by atoms with van der Waals surface area (Å²) in [5.74, 6) is -1.39. The number of ether oxygens (including phenoxy) is 1. The van der Waals surface area contributed by atoms with E-state index in [9.17, 15) is 19.2 Å². The van der Waals surface area contributed by atoms with Gasteiger partial charge < -0.3 is 26.0 Å². The van der Waals surface area contributed by atoms with Gasteiger partial charge in [-0.05, 0) is 71.1 Å². The van der Waals surface area contributed by atoms with Crippen LogP contribution in [0.2, 0.25) is 0 Å². The Kier molecular flexibility index (Phi) is 11.4. The Hall–Kier alpha value is -3.36. The van der Waals surface area contributed by atoms with Gasteiger partial charge in [-0.3, -0.25) is 14.4 Å². The number of rotatable bonds is 11. The topological polar surface area (TPSA) is 131 Å². The van der Waals surface area contributed by atoms with Crippen molar-refractivity contribution in [3.8, 4) is 0 Å². The maximum absolute atomic E-state index is 14.1. The van der Waals surface area contributed by atoms with Crippen LogP contribution in [-0.2, 0) is 19.1 Å². The van der Waals surface area contributed by atoms with Crippen molar-refractivity contribution in [3.05, 3.63) is 42.0 Å². The number of hydrogen-bond acceptors (Lipinski definition) is 5. The molecule has 9 nitrogen and oxygen atoms in total. The van der Waals surface area contributed by atoms with Crippen molar-refractivity contribution in [3.63, 3.8) is 0 Å². The van der Waals surface area contributed by atoms with Crippen LogP contribution in [0.1, 0.15) is 96.7 Å². The Labute approximate surface area is 226 Å². The number of primary amides is 1. The summed E-state index contributed by atoms with van der Waals surface area (Å²) in [6.07, 6.45) is 5.76. The highest BCUT2D eigenvalue weighted by molar-refractivity contribution is 5.93. The molecule has 0 aromatic heterocycles. The van der Waals surface area contributed by atoms with Crippen LogP contribution in [0, 0.1) is 0 Å². The van der Waals surface area contributed by atoms with Crippen LogP contribution < -0.4 is 16.4 Å². The van der Waals surface area contributed by atoms with Gasteiger partial charge >= 0.3 is 6.09 Å². The van der Waals surface area contributed by atoms with Crippen LogP contribution >= 0.6 is 0 Å². The second-order valence-electron chi connectivity index (χ2n) is 11.2. The third-order valence-corrected chi connectivity index (χ3v) is 6.42. The van der Waals surface area contributed by atoms with Gasteiger partial charge in [0.15, 0.2) is 0 Å². The number of nitrogens with one attached hydrogen (secondary N) is 2. The molecule has 2 atom stereocenters. The fraction of sp³-hybridized carbons (Fsp3) is 0.586. The minimum absolute atomic E-state index is 0.0275. The lowest BCUT2D eigenvalue weighted by molar-refractivity contribution is -0.145. The zero-order chi connectivity index (χ0) is 28.5. The molecule has 0 spiro atoms. The van der Waals surface area contributed by atoms with E-state index in [0.717, 1.165) is 37.7 Å². The van der Waals surface area contributed by atoms with E-state index < -0.39 is 41.6 Å². The van der Waals surface area contributed by atoms with E-state index in [2.05, 4.69) is 17.2 Å². The second-order valence-corrected chi connectivity index (χ2v) is 11.2. The number of carbonyl (C=O) groups excluding carboxylic acids is 4. The lowest BCUT2D eigenvalue weighted by Crippen LogP contribution is -2.56. The van der Waals surface area contributed by atoms with Crippen molar-refractivity contribution in [2.24, 2.45) is 5.73 Å². The molecular formula is C29H44N4O5. The van der Waals surface area contributed by atoms with Crippen LogP contribution in [0.4, 0.5) is 4.79 Å². The van der Waals surface area contributed by atoms with Crippen molar-refractivity contribution in [2.45, 2.75) is 109 Å². The van der Waals surface area contributed by atoms with E-state index in [1.165, 1.54) is 4.90 Å². The molecule has 1 aromatic carbocycles. The third-order valence-electron chi connectivity index (χ3n) is 6.42. The molecule has 0 aliphatic heterocycles. The van der Waals surface area contributed by atoms with Gasteiger partial charge in [0.25, 0.3) is 0 Å². The smallest absolute Gasteiger partial charge is 0.408 e. The number of nitrogens with two attached hydrogens (primary N) is 1. The molecule has 0 heterocycles. The van der Waals surface area contributed by atoms with Crippen LogP contribution in [-0.4, -0.2) is 52.4 Å². The van der Waals surface area contributed by atoms with Gasteiger partial charge in [0.1, 0.15) is 17.7 Å². The highest BCUT2D eigenvalue weighted by atomic mass is 16.6. The quantitative estimate of drug-likeness (QED) is 0.396.